The number of thioether (sulfide) groups is 1. The molecule has 1 aromatic heterocycles. The number of fused-ring (bicyclic) bond motifs is 1. The summed E-state index contributed by atoms with van der Waals surface area (Å²) < 4.78 is 25.9. The predicted molar refractivity (Wildman–Crippen MR) is 61.5 cm³/mol. The number of sulfonamides is 1. The molecule has 7 heteroatoms. The van der Waals surface area contributed by atoms with Gasteiger partial charge in [-0.1, -0.05) is 0 Å². The second kappa shape index (κ2) is 3.41. The van der Waals surface area contributed by atoms with Crippen molar-refractivity contribution in [3.63, 3.8) is 0 Å². The number of hydrogen-bond donors (Lipinski definition) is 0. The molecular formula is C8H13N3O2S2. The molecular weight excluding hydrogens is 234 g/mol. The summed E-state index contributed by atoms with van der Waals surface area (Å²) in [5, 5.41) is 4.32. The van der Waals surface area contributed by atoms with Crippen LogP contribution in [0.4, 0.5) is 5.82 Å². The van der Waals surface area contributed by atoms with Crippen molar-refractivity contribution in [1.29, 1.82) is 0 Å². The minimum atomic E-state index is -3.21. The van der Waals surface area contributed by atoms with Crippen molar-refractivity contribution in [3.05, 3.63) is 11.3 Å². The molecule has 5 nitrogen and oxygen atoms in total. The number of hydrogen-bond acceptors (Lipinski definition) is 4. The minimum Gasteiger partial charge on any atom is -0.257 e. The molecule has 0 bridgehead atoms. The second-order valence-corrected chi connectivity index (χ2v) is 6.60. The number of aromatic nitrogens is 2. The Morgan fingerprint density at radius 2 is 2.13 bits per heavy atom. The lowest BCUT2D eigenvalue weighted by molar-refractivity contribution is 0.598. The molecule has 2 heterocycles. The molecule has 2 rings (SSSR count). The van der Waals surface area contributed by atoms with Crippen molar-refractivity contribution >= 4 is 27.6 Å². The van der Waals surface area contributed by atoms with E-state index in [9.17, 15) is 8.42 Å². The van der Waals surface area contributed by atoms with E-state index < -0.39 is 10.0 Å². The fraction of sp³-hybridized carbons (Fsp3) is 0.625. The van der Waals surface area contributed by atoms with E-state index in [-0.39, 0.29) is 0 Å². The number of rotatable bonds is 2. The summed E-state index contributed by atoms with van der Waals surface area (Å²) in [5.74, 6) is 2.41. The molecule has 0 N–H and O–H groups in total. The molecule has 84 valence electrons. The largest absolute Gasteiger partial charge is 0.257 e. The van der Waals surface area contributed by atoms with E-state index in [1.807, 2.05) is 0 Å². The fourth-order valence-corrected chi connectivity index (χ4v) is 3.25. The Morgan fingerprint density at radius 3 is 2.73 bits per heavy atom. The van der Waals surface area contributed by atoms with Crippen LogP contribution in [0.1, 0.15) is 11.3 Å². The van der Waals surface area contributed by atoms with E-state index in [1.54, 1.807) is 30.5 Å². The third kappa shape index (κ3) is 1.74. The zero-order valence-electron chi connectivity index (χ0n) is 8.89. The molecule has 0 amide bonds. The SMILES string of the molecule is CN(c1c2c(nn1C)CSC2)S(C)(=O)=O. The smallest absolute Gasteiger partial charge is 0.233 e. The van der Waals surface area contributed by atoms with Crippen molar-refractivity contribution in [2.24, 2.45) is 7.05 Å². The summed E-state index contributed by atoms with van der Waals surface area (Å²) in [4.78, 5) is 0. The molecule has 1 aromatic rings. The van der Waals surface area contributed by atoms with Gasteiger partial charge in [0.2, 0.25) is 10.0 Å². The van der Waals surface area contributed by atoms with Gasteiger partial charge < -0.3 is 0 Å². The summed E-state index contributed by atoms with van der Waals surface area (Å²) in [6, 6.07) is 0. The number of aryl methyl sites for hydroxylation is 1. The van der Waals surface area contributed by atoms with Gasteiger partial charge in [0.15, 0.2) is 0 Å². The van der Waals surface area contributed by atoms with Crippen LogP contribution in [0.2, 0.25) is 0 Å². The lowest BCUT2D eigenvalue weighted by Crippen LogP contribution is -2.27. The third-order valence-corrected chi connectivity index (χ3v) is 4.61. The molecule has 0 radical (unpaired) electrons. The van der Waals surface area contributed by atoms with E-state index in [0.717, 1.165) is 22.8 Å². The van der Waals surface area contributed by atoms with E-state index in [2.05, 4.69) is 5.10 Å². The first-order chi connectivity index (χ1) is 6.91. The predicted octanol–water partition coefficient (Wildman–Crippen LogP) is 0.563. The Bertz CT molecular complexity index is 492. The van der Waals surface area contributed by atoms with Gasteiger partial charge >= 0.3 is 0 Å². The average molecular weight is 247 g/mol. The second-order valence-electron chi connectivity index (χ2n) is 3.60. The molecule has 0 atom stereocenters. The number of nitrogens with zero attached hydrogens (tertiary/aromatic N) is 3. The van der Waals surface area contributed by atoms with Crippen LogP contribution in [0.3, 0.4) is 0 Å². The molecule has 0 aliphatic carbocycles. The average Bonchev–Trinajstić information content (AvgIpc) is 2.60. The van der Waals surface area contributed by atoms with E-state index in [1.165, 1.54) is 10.6 Å². The molecule has 0 unspecified atom stereocenters. The van der Waals surface area contributed by atoms with Crippen molar-refractivity contribution < 1.29 is 8.42 Å². The maximum absolute atomic E-state index is 11.5. The molecule has 0 saturated carbocycles. The lowest BCUT2D eigenvalue weighted by Gasteiger charge is -2.17. The Balaban J connectivity index is 2.53. The van der Waals surface area contributed by atoms with Crippen molar-refractivity contribution in [2.45, 2.75) is 11.5 Å². The van der Waals surface area contributed by atoms with Crippen molar-refractivity contribution in [2.75, 3.05) is 17.6 Å². The van der Waals surface area contributed by atoms with Crippen LogP contribution in [0.15, 0.2) is 0 Å². The molecule has 0 fully saturated rings. The highest BCUT2D eigenvalue weighted by atomic mass is 32.2. The van der Waals surface area contributed by atoms with Gasteiger partial charge in [0, 0.05) is 31.2 Å². The van der Waals surface area contributed by atoms with Crippen molar-refractivity contribution in [3.8, 4) is 0 Å². The van der Waals surface area contributed by atoms with Gasteiger partial charge in [0.1, 0.15) is 5.82 Å². The van der Waals surface area contributed by atoms with E-state index in [4.69, 9.17) is 0 Å². The first kappa shape index (κ1) is 10.8. The van der Waals surface area contributed by atoms with Gasteiger partial charge in [0.05, 0.1) is 11.9 Å². The lowest BCUT2D eigenvalue weighted by atomic mass is 10.3. The summed E-state index contributed by atoms with van der Waals surface area (Å²) >= 11 is 1.76. The number of anilines is 1. The highest BCUT2D eigenvalue weighted by molar-refractivity contribution is 7.98. The van der Waals surface area contributed by atoms with Gasteiger partial charge in [0.25, 0.3) is 0 Å². The summed E-state index contributed by atoms with van der Waals surface area (Å²) in [5.41, 5.74) is 2.06. The van der Waals surface area contributed by atoms with Crippen LogP contribution >= 0.6 is 11.8 Å². The fourth-order valence-electron chi connectivity index (χ4n) is 1.68. The Labute approximate surface area is 93.5 Å². The molecule has 0 aromatic carbocycles. The van der Waals surface area contributed by atoms with Crippen LogP contribution in [-0.4, -0.2) is 31.5 Å². The van der Waals surface area contributed by atoms with Crippen LogP contribution < -0.4 is 4.31 Å². The first-order valence-electron chi connectivity index (χ1n) is 4.47. The highest BCUT2D eigenvalue weighted by Gasteiger charge is 2.26. The van der Waals surface area contributed by atoms with Gasteiger partial charge in [-0.15, -0.1) is 0 Å². The van der Waals surface area contributed by atoms with E-state index >= 15 is 0 Å². The summed E-state index contributed by atoms with van der Waals surface area (Å²) in [6.07, 6.45) is 1.20. The Hall–Kier alpha value is -0.690. The minimum absolute atomic E-state index is 0.692. The molecule has 15 heavy (non-hydrogen) atoms. The van der Waals surface area contributed by atoms with Gasteiger partial charge in [-0.25, -0.2) is 8.42 Å². The standard InChI is InChI=1S/C8H13N3O2S2/c1-10-8(11(2)15(3,12)13)6-4-14-5-7(6)9-10/h4-5H2,1-3H3. The van der Waals surface area contributed by atoms with Gasteiger partial charge in [-0.2, -0.15) is 16.9 Å². The maximum Gasteiger partial charge on any atom is 0.233 e. The summed E-state index contributed by atoms with van der Waals surface area (Å²) in [7, 11) is 0.136. The van der Waals surface area contributed by atoms with Crippen LogP contribution in [-0.2, 0) is 28.6 Å². The zero-order chi connectivity index (χ0) is 11.2. The normalized spacial score (nSPS) is 15.4. The first-order valence-corrected chi connectivity index (χ1v) is 7.48. The maximum atomic E-state index is 11.5. The summed E-state index contributed by atoms with van der Waals surface area (Å²) in [6.45, 7) is 0. The molecule has 0 saturated heterocycles. The monoisotopic (exact) mass is 247 g/mol. The highest BCUT2D eigenvalue weighted by Crippen LogP contribution is 2.36. The molecule has 0 spiro atoms. The van der Waals surface area contributed by atoms with Crippen molar-refractivity contribution in [1.82, 2.24) is 9.78 Å². The third-order valence-electron chi connectivity index (χ3n) is 2.48. The zero-order valence-corrected chi connectivity index (χ0v) is 10.5. The Kier molecular flexibility index (Phi) is 2.46. The van der Waals surface area contributed by atoms with Crippen LogP contribution in [0.25, 0.3) is 0 Å². The molecule has 1 aliphatic heterocycles. The molecule has 1 aliphatic rings. The quantitative estimate of drug-likeness (QED) is 0.766. The Morgan fingerprint density at radius 1 is 1.47 bits per heavy atom. The topological polar surface area (TPSA) is 55.2 Å². The van der Waals surface area contributed by atoms with Gasteiger partial charge in [-0.3, -0.25) is 8.99 Å². The van der Waals surface area contributed by atoms with Crippen LogP contribution in [0.5, 0.6) is 0 Å². The van der Waals surface area contributed by atoms with Gasteiger partial charge in [-0.05, 0) is 0 Å². The van der Waals surface area contributed by atoms with Crippen LogP contribution in [0, 0.1) is 0 Å². The van der Waals surface area contributed by atoms with E-state index in [0.29, 0.717) is 5.82 Å².